The van der Waals surface area contributed by atoms with E-state index in [1.165, 1.54) is 11.3 Å². The molecular formula is C24H22ClN3O3S2. The van der Waals surface area contributed by atoms with Gasteiger partial charge in [0, 0.05) is 33.7 Å². The first-order valence-electron chi connectivity index (χ1n) is 10.4. The Hall–Kier alpha value is -2.81. The highest BCUT2D eigenvalue weighted by molar-refractivity contribution is 8.01. The fraction of sp³-hybridized carbons (Fsp3) is 0.208. The molecule has 2 heterocycles. The van der Waals surface area contributed by atoms with Crippen LogP contribution in [0.15, 0.2) is 57.5 Å². The van der Waals surface area contributed by atoms with E-state index in [-0.39, 0.29) is 5.91 Å². The Kier molecular flexibility index (Phi) is 7.37. The molecule has 0 aliphatic rings. The largest absolute Gasteiger partial charge is 0.493 e. The summed E-state index contributed by atoms with van der Waals surface area (Å²) in [5.74, 6) is 1.28. The van der Waals surface area contributed by atoms with Crippen LogP contribution in [0.4, 0.5) is 5.13 Å². The summed E-state index contributed by atoms with van der Waals surface area (Å²) in [5.41, 5.74) is 4.21. The third-order valence-corrected chi connectivity index (χ3v) is 6.91. The van der Waals surface area contributed by atoms with Crippen molar-refractivity contribution in [3.8, 4) is 16.9 Å². The second-order valence-corrected chi connectivity index (χ2v) is 9.98. The number of allylic oxidation sites excluding steroid dienone is 1. The van der Waals surface area contributed by atoms with Crippen molar-refractivity contribution in [2.75, 3.05) is 17.7 Å². The third kappa shape index (κ3) is 5.40. The van der Waals surface area contributed by atoms with E-state index in [1.54, 1.807) is 24.1 Å². The molecule has 0 atom stereocenters. The fourth-order valence-electron chi connectivity index (χ4n) is 3.35. The number of thioether (sulfide) groups is 1. The van der Waals surface area contributed by atoms with Crippen molar-refractivity contribution in [2.24, 2.45) is 0 Å². The summed E-state index contributed by atoms with van der Waals surface area (Å²) in [7, 11) is 0. The molecule has 1 amide bonds. The van der Waals surface area contributed by atoms with E-state index in [4.69, 9.17) is 20.8 Å². The predicted octanol–water partition coefficient (Wildman–Crippen LogP) is 7.16. The van der Waals surface area contributed by atoms with Gasteiger partial charge in [-0.1, -0.05) is 53.8 Å². The summed E-state index contributed by atoms with van der Waals surface area (Å²) in [5, 5.41) is 13.0. The molecule has 4 rings (SSSR count). The summed E-state index contributed by atoms with van der Waals surface area (Å²) in [6.07, 6.45) is 3.26. The Morgan fingerprint density at radius 2 is 2.03 bits per heavy atom. The minimum absolute atomic E-state index is 0.274. The minimum atomic E-state index is -0.274. The lowest BCUT2D eigenvalue weighted by atomic mass is 9.99. The number of furan rings is 1. The molecule has 0 spiro atoms. The molecule has 0 unspecified atom stereocenters. The van der Waals surface area contributed by atoms with Gasteiger partial charge in [0.2, 0.25) is 11.0 Å². The van der Waals surface area contributed by atoms with Crippen molar-refractivity contribution in [3.63, 3.8) is 0 Å². The number of fused-ring (bicyclic) bond motifs is 1. The molecule has 0 aliphatic carbocycles. The highest BCUT2D eigenvalue weighted by atomic mass is 35.5. The van der Waals surface area contributed by atoms with Gasteiger partial charge in [-0.15, -0.1) is 10.2 Å². The molecule has 6 nitrogen and oxygen atoms in total. The number of ether oxygens (including phenoxy) is 1. The maximum Gasteiger partial charge on any atom is 0.250 e. The van der Waals surface area contributed by atoms with E-state index in [2.05, 4.69) is 15.5 Å². The van der Waals surface area contributed by atoms with Crippen molar-refractivity contribution >= 4 is 62.3 Å². The van der Waals surface area contributed by atoms with Gasteiger partial charge in [-0.3, -0.25) is 10.1 Å². The maximum atomic E-state index is 12.6. The number of hydrogen-bond acceptors (Lipinski definition) is 7. The number of anilines is 1. The lowest BCUT2D eigenvalue weighted by Gasteiger charge is -2.11. The number of halogens is 1. The van der Waals surface area contributed by atoms with Crippen LogP contribution in [-0.2, 0) is 4.79 Å². The van der Waals surface area contributed by atoms with E-state index < -0.39 is 0 Å². The first-order valence-corrected chi connectivity index (χ1v) is 12.6. The normalized spacial score (nSPS) is 11.7. The molecule has 2 aromatic heterocycles. The van der Waals surface area contributed by atoms with Crippen LogP contribution in [0.3, 0.4) is 0 Å². The van der Waals surface area contributed by atoms with Crippen LogP contribution in [0.25, 0.3) is 27.7 Å². The first-order chi connectivity index (χ1) is 16.0. The number of carbonyl (C=O) groups is 1. The Morgan fingerprint density at radius 3 is 2.76 bits per heavy atom. The average Bonchev–Trinajstić information content (AvgIpc) is 3.40. The van der Waals surface area contributed by atoms with Gasteiger partial charge in [-0.25, -0.2) is 0 Å². The molecule has 0 fully saturated rings. The Bertz CT molecular complexity index is 1310. The molecule has 1 N–H and O–H groups in total. The molecule has 9 heteroatoms. The zero-order valence-corrected chi connectivity index (χ0v) is 20.7. The summed E-state index contributed by atoms with van der Waals surface area (Å²) in [4.78, 5) is 12.6. The second-order valence-electron chi connectivity index (χ2n) is 7.06. The van der Waals surface area contributed by atoms with Gasteiger partial charge in [0.05, 0.1) is 12.9 Å². The number of carbonyl (C=O) groups excluding carboxylic acids is 1. The molecule has 0 radical (unpaired) electrons. The Morgan fingerprint density at radius 1 is 1.24 bits per heavy atom. The zero-order valence-electron chi connectivity index (χ0n) is 18.3. The monoisotopic (exact) mass is 499 g/mol. The molecule has 0 saturated heterocycles. The molecule has 0 saturated carbocycles. The van der Waals surface area contributed by atoms with Crippen LogP contribution in [0.1, 0.15) is 26.3 Å². The van der Waals surface area contributed by atoms with E-state index in [0.717, 1.165) is 37.7 Å². The smallest absolute Gasteiger partial charge is 0.250 e. The lowest BCUT2D eigenvalue weighted by Crippen LogP contribution is -2.08. The number of rotatable bonds is 8. The van der Waals surface area contributed by atoms with Gasteiger partial charge in [-0.05, 0) is 48.9 Å². The number of hydrogen-bond donors (Lipinski definition) is 1. The number of nitrogens with zero attached hydrogens (tertiary/aromatic N) is 2. The topological polar surface area (TPSA) is 77.2 Å². The average molecular weight is 500 g/mol. The SMILES string of the molecule is CCOc1cc2occ(-c3ccc(Cl)cc3)c2cc1/C(C)=C/C(=O)Nc1nnc(SCC)s1. The molecule has 0 aliphatic heterocycles. The Balaban J connectivity index is 1.67. The second kappa shape index (κ2) is 10.4. The van der Waals surface area contributed by atoms with Crippen LogP contribution in [-0.4, -0.2) is 28.5 Å². The van der Waals surface area contributed by atoms with E-state index in [0.29, 0.717) is 28.1 Å². The number of aromatic nitrogens is 2. The lowest BCUT2D eigenvalue weighted by molar-refractivity contribution is -0.111. The van der Waals surface area contributed by atoms with Gasteiger partial charge >= 0.3 is 0 Å². The molecule has 170 valence electrons. The van der Waals surface area contributed by atoms with Gasteiger partial charge < -0.3 is 9.15 Å². The standard InChI is InChI=1S/C24H22ClN3O3S2/c1-4-30-20-12-21-18(19(13-31-21)15-6-8-16(25)9-7-15)11-17(20)14(3)10-22(29)26-23-27-28-24(33-23)32-5-2/h6-13H,4-5H2,1-3H3,(H,26,27,29)/b14-10+. The van der Waals surface area contributed by atoms with Gasteiger partial charge in [-0.2, -0.15) is 0 Å². The van der Waals surface area contributed by atoms with Crippen molar-refractivity contribution in [2.45, 2.75) is 25.1 Å². The van der Waals surface area contributed by atoms with Crippen LogP contribution in [0.2, 0.25) is 5.02 Å². The minimum Gasteiger partial charge on any atom is -0.493 e. The zero-order chi connectivity index (χ0) is 23.4. The summed E-state index contributed by atoms with van der Waals surface area (Å²) in [6, 6.07) is 11.4. The van der Waals surface area contributed by atoms with Crippen LogP contribution in [0, 0.1) is 0 Å². The van der Waals surface area contributed by atoms with Crippen LogP contribution >= 0.6 is 34.7 Å². The predicted molar refractivity (Wildman–Crippen MR) is 136 cm³/mol. The highest BCUT2D eigenvalue weighted by Crippen LogP contribution is 2.38. The molecular weight excluding hydrogens is 478 g/mol. The summed E-state index contributed by atoms with van der Waals surface area (Å²) >= 11 is 8.99. The van der Waals surface area contributed by atoms with E-state index in [1.807, 2.05) is 57.2 Å². The van der Waals surface area contributed by atoms with Crippen molar-refractivity contribution in [3.05, 3.63) is 59.3 Å². The third-order valence-electron chi connectivity index (χ3n) is 4.81. The molecule has 2 aromatic carbocycles. The highest BCUT2D eigenvalue weighted by Gasteiger charge is 2.16. The number of nitrogens with one attached hydrogen (secondary N) is 1. The quantitative estimate of drug-likeness (QED) is 0.157. The van der Waals surface area contributed by atoms with Gasteiger partial charge in [0.15, 0.2) is 4.34 Å². The number of benzene rings is 2. The van der Waals surface area contributed by atoms with Crippen molar-refractivity contribution in [1.29, 1.82) is 0 Å². The van der Waals surface area contributed by atoms with E-state index in [9.17, 15) is 4.79 Å². The van der Waals surface area contributed by atoms with Gasteiger partial charge in [0.1, 0.15) is 11.3 Å². The van der Waals surface area contributed by atoms with Crippen LogP contribution in [0.5, 0.6) is 5.75 Å². The summed E-state index contributed by atoms with van der Waals surface area (Å²) < 4.78 is 12.5. The van der Waals surface area contributed by atoms with Gasteiger partial charge in [0.25, 0.3) is 0 Å². The summed E-state index contributed by atoms with van der Waals surface area (Å²) in [6.45, 7) is 6.33. The maximum absolute atomic E-state index is 12.6. The van der Waals surface area contributed by atoms with Crippen molar-refractivity contribution < 1.29 is 13.9 Å². The number of amides is 1. The first kappa shape index (κ1) is 23.4. The van der Waals surface area contributed by atoms with E-state index >= 15 is 0 Å². The Labute approximate surface area is 205 Å². The van der Waals surface area contributed by atoms with Crippen molar-refractivity contribution in [1.82, 2.24) is 10.2 Å². The molecule has 33 heavy (non-hydrogen) atoms. The fourth-order valence-corrected chi connectivity index (χ4v) is 5.13. The van der Waals surface area contributed by atoms with Crippen LogP contribution < -0.4 is 10.1 Å². The molecule has 0 bridgehead atoms. The molecule has 4 aromatic rings.